The largest absolute Gasteiger partial charge is 0.299 e. The van der Waals surface area contributed by atoms with E-state index in [0.29, 0.717) is 11.7 Å². The molecule has 1 unspecified atom stereocenters. The van der Waals surface area contributed by atoms with Crippen LogP contribution in [0.2, 0.25) is 0 Å². The number of carbonyl (C=O) groups excluding carboxylic acids is 1. The normalized spacial score (nSPS) is 30.4. The molecular formula is C17H22O. The lowest BCUT2D eigenvalue weighted by Gasteiger charge is -2.34. The van der Waals surface area contributed by atoms with Crippen LogP contribution >= 0.6 is 0 Å². The maximum absolute atomic E-state index is 12.5. The van der Waals surface area contributed by atoms with E-state index in [-0.39, 0.29) is 5.92 Å². The molecule has 1 aromatic carbocycles. The van der Waals surface area contributed by atoms with Gasteiger partial charge in [-0.1, -0.05) is 37.6 Å². The molecule has 0 radical (unpaired) electrons. The number of fused-ring (bicyclic) bond motifs is 1. The summed E-state index contributed by atoms with van der Waals surface area (Å²) in [5.74, 6) is 1.99. The first-order chi connectivity index (χ1) is 8.79. The summed E-state index contributed by atoms with van der Waals surface area (Å²) in [5.41, 5.74) is 2.69. The molecule has 1 aromatic rings. The molecule has 96 valence electrons. The molecule has 1 atom stereocenters. The van der Waals surface area contributed by atoms with Crippen LogP contribution in [0, 0.1) is 11.8 Å². The van der Waals surface area contributed by atoms with Crippen molar-refractivity contribution in [3.8, 4) is 0 Å². The number of Topliss-reactive ketones (excluding diaryl/α,β-unsaturated/α-hetero) is 1. The number of benzene rings is 1. The van der Waals surface area contributed by atoms with Gasteiger partial charge in [0, 0.05) is 11.8 Å². The number of ketones is 1. The first-order valence-electron chi connectivity index (χ1n) is 7.41. The maximum atomic E-state index is 12.5. The Morgan fingerprint density at radius 2 is 1.89 bits per heavy atom. The van der Waals surface area contributed by atoms with Crippen molar-refractivity contribution in [1.82, 2.24) is 0 Å². The Morgan fingerprint density at radius 1 is 1.17 bits per heavy atom. The van der Waals surface area contributed by atoms with E-state index >= 15 is 0 Å². The molecular weight excluding hydrogens is 220 g/mol. The van der Waals surface area contributed by atoms with Gasteiger partial charge in [-0.15, -0.1) is 0 Å². The van der Waals surface area contributed by atoms with Crippen LogP contribution in [0.5, 0.6) is 0 Å². The van der Waals surface area contributed by atoms with E-state index in [9.17, 15) is 4.79 Å². The van der Waals surface area contributed by atoms with Crippen molar-refractivity contribution in [2.45, 2.75) is 51.4 Å². The van der Waals surface area contributed by atoms with Crippen molar-refractivity contribution in [2.75, 3.05) is 0 Å². The minimum atomic E-state index is 0.226. The molecule has 0 saturated heterocycles. The summed E-state index contributed by atoms with van der Waals surface area (Å²) in [7, 11) is 0. The van der Waals surface area contributed by atoms with Gasteiger partial charge in [0.2, 0.25) is 0 Å². The van der Waals surface area contributed by atoms with E-state index in [0.717, 1.165) is 25.2 Å². The second kappa shape index (κ2) is 4.87. The summed E-state index contributed by atoms with van der Waals surface area (Å²) in [4.78, 5) is 12.5. The molecule has 1 fully saturated rings. The molecule has 1 nitrogen and oxygen atoms in total. The Hall–Kier alpha value is -1.11. The van der Waals surface area contributed by atoms with Crippen LogP contribution in [-0.2, 0) is 11.2 Å². The number of rotatable bonds is 3. The Bertz CT molecular complexity index is 441. The fraction of sp³-hybridized carbons (Fsp3) is 0.588. The molecule has 0 bridgehead atoms. The Labute approximate surface area is 110 Å². The Morgan fingerprint density at radius 3 is 2.56 bits per heavy atom. The van der Waals surface area contributed by atoms with Gasteiger partial charge >= 0.3 is 0 Å². The fourth-order valence-corrected chi connectivity index (χ4v) is 3.65. The first kappa shape index (κ1) is 12.0. The number of hydrogen-bond donors (Lipinski definition) is 0. The second-order valence-corrected chi connectivity index (χ2v) is 5.98. The van der Waals surface area contributed by atoms with Gasteiger partial charge in [-0.2, -0.15) is 0 Å². The van der Waals surface area contributed by atoms with Crippen molar-refractivity contribution in [1.29, 1.82) is 0 Å². The van der Waals surface area contributed by atoms with E-state index in [4.69, 9.17) is 0 Å². The lowest BCUT2D eigenvalue weighted by atomic mass is 9.69. The lowest BCUT2D eigenvalue weighted by molar-refractivity contribution is -0.126. The van der Waals surface area contributed by atoms with Gasteiger partial charge in [-0.3, -0.25) is 4.79 Å². The van der Waals surface area contributed by atoms with Gasteiger partial charge < -0.3 is 0 Å². The zero-order chi connectivity index (χ0) is 12.5. The topological polar surface area (TPSA) is 17.1 Å². The zero-order valence-corrected chi connectivity index (χ0v) is 11.2. The van der Waals surface area contributed by atoms with Gasteiger partial charge in [0.15, 0.2) is 0 Å². The predicted octanol–water partition coefficient (Wildman–Crippen LogP) is 4.11. The summed E-state index contributed by atoms with van der Waals surface area (Å²) in [6.45, 7) is 2.27. The molecule has 0 heterocycles. The molecule has 0 amide bonds. The van der Waals surface area contributed by atoms with Gasteiger partial charge in [0.25, 0.3) is 0 Å². The lowest BCUT2D eigenvalue weighted by Crippen LogP contribution is -2.32. The number of hydrogen-bond acceptors (Lipinski definition) is 1. The van der Waals surface area contributed by atoms with E-state index in [1.807, 2.05) is 0 Å². The van der Waals surface area contributed by atoms with Gasteiger partial charge in [0.1, 0.15) is 5.78 Å². The van der Waals surface area contributed by atoms with Gasteiger partial charge in [0.05, 0.1) is 0 Å². The van der Waals surface area contributed by atoms with Crippen molar-refractivity contribution in [3.63, 3.8) is 0 Å². The quantitative estimate of drug-likeness (QED) is 0.779. The third-order valence-corrected chi connectivity index (χ3v) is 5.02. The van der Waals surface area contributed by atoms with Crippen LogP contribution in [0.15, 0.2) is 24.3 Å². The standard InChI is InChI=1S/C17H22O/c1-2-12-7-9-13(10-8-12)17(18)16-11-14-5-3-4-6-15(14)16/h3-6,12-13,16H,2,7-11H2,1H3. The highest BCUT2D eigenvalue weighted by atomic mass is 16.1. The molecule has 1 saturated carbocycles. The maximum Gasteiger partial charge on any atom is 0.143 e. The summed E-state index contributed by atoms with van der Waals surface area (Å²) >= 11 is 0. The van der Waals surface area contributed by atoms with Crippen LogP contribution in [0.25, 0.3) is 0 Å². The highest BCUT2D eigenvalue weighted by Gasteiger charge is 2.36. The summed E-state index contributed by atoms with van der Waals surface area (Å²) in [6, 6.07) is 8.43. The van der Waals surface area contributed by atoms with E-state index in [2.05, 4.69) is 31.2 Å². The van der Waals surface area contributed by atoms with E-state index in [1.54, 1.807) is 0 Å². The van der Waals surface area contributed by atoms with Crippen LogP contribution in [0.4, 0.5) is 0 Å². The first-order valence-corrected chi connectivity index (χ1v) is 7.41. The molecule has 2 aliphatic rings. The second-order valence-electron chi connectivity index (χ2n) is 5.98. The molecule has 0 aliphatic heterocycles. The molecule has 1 heteroatoms. The summed E-state index contributed by atoms with van der Waals surface area (Å²) in [6.07, 6.45) is 7.07. The van der Waals surface area contributed by atoms with Crippen LogP contribution in [0.3, 0.4) is 0 Å². The molecule has 3 rings (SSSR count). The molecule has 18 heavy (non-hydrogen) atoms. The number of carbonyl (C=O) groups is 1. The SMILES string of the molecule is CCC1CCC(C(=O)C2Cc3ccccc32)CC1. The van der Waals surface area contributed by atoms with Gasteiger partial charge in [-0.05, 0) is 49.1 Å². The van der Waals surface area contributed by atoms with E-state index < -0.39 is 0 Å². The Kier molecular flexibility index (Phi) is 3.23. The van der Waals surface area contributed by atoms with Crippen molar-refractivity contribution in [3.05, 3.63) is 35.4 Å². The van der Waals surface area contributed by atoms with E-state index in [1.165, 1.54) is 30.4 Å². The summed E-state index contributed by atoms with van der Waals surface area (Å²) < 4.78 is 0. The molecule has 2 aliphatic carbocycles. The Balaban J connectivity index is 1.64. The van der Waals surface area contributed by atoms with Crippen LogP contribution in [-0.4, -0.2) is 5.78 Å². The third-order valence-electron chi connectivity index (χ3n) is 5.02. The van der Waals surface area contributed by atoms with Crippen molar-refractivity contribution < 1.29 is 4.79 Å². The summed E-state index contributed by atoms with van der Waals surface area (Å²) in [5, 5.41) is 0. The predicted molar refractivity (Wildman–Crippen MR) is 73.6 cm³/mol. The van der Waals surface area contributed by atoms with Crippen molar-refractivity contribution >= 4 is 5.78 Å². The average Bonchev–Trinajstić information content (AvgIpc) is 2.40. The minimum Gasteiger partial charge on any atom is -0.299 e. The van der Waals surface area contributed by atoms with Crippen molar-refractivity contribution in [2.24, 2.45) is 11.8 Å². The monoisotopic (exact) mass is 242 g/mol. The third kappa shape index (κ3) is 2.00. The minimum absolute atomic E-state index is 0.226. The molecule has 0 aromatic heterocycles. The molecule has 0 spiro atoms. The zero-order valence-electron chi connectivity index (χ0n) is 11.2. The average molecular weight is 242 g/mol. The highest BCUT2D eigenvalue weighted by molar-refractivity contribution is 5.90. The highest BCUT2D eigenvalue weighted by Crippen LogP contribution is 2.41. The van der Waals surface area contributed by atoms with Crippen LogP contribution in [0.1, 0.15) is 56.1 Å². The van der Waals surface area contributed by atoms with Gasteiger partial charge in [-0.25, -0.2) is 0 Å². The smallest absolute Gasteiger partial charge is 0.143 e. The van der Waals surface area contributed by atoms with Crippen LogP contribution < -0.4 is 0 Å². The fourth-order valence-electron chi connectivity index (χ4n) is 3.65. The molecule has 0 N–H and O–H groups in total.